The molecule has 3 rings (SSSR count). The molecule has 3 aromatic rings. The van der Waals surface area contributed by atoms with Crippen LogP contribution in [-0.2, 0) is 0 Å². The molecule has 0 heterocycles. The van der Waals surface area contributed by atoms with Gasteiger partial charge in [-0.1, -0.05) is 35.9 Å². The molecule has 4 nitrogen and oxygen atoms in total. The van der Waals surface area contributed by atoms with E-state index in [1.54, 1.807) is 13.4 Å². The molecule has 0 atom stereocenters. The number of aryl methyl sites for hydroxylation is 1. The van der Waals surface area contributed by atoms with Crippen LogP contribution in [0.3, 0.4) is 0 Å². The Balaban J connectivity index is 1.84. The summed E-state index contributed by atoms with van der Waals surface area (Å²) in [7, 11) is 1.63. The van der Waals surface area contributed by atoms with Crippen LogP contribution in [0.1, 0.15) is 12.5 Å². The number of rotatable bonds is 6. The SMILES string of the molecule is COc1ccc(O/C(=N/c2ccccc2)C(C)=COc2ccc(C)cc2)cc1. The normalized spacial score (nSPS) is 11.8. The highest BCUT2D eigenvalue weighted by Crippen LogP contribution is 2.21. The van der Waals surface area contributed by atoms with Crippen LogP contribution in [0.5, 0.6) is 17.2 Å². The Morgan fingerprint density at radius 1 is 0.786 bits per heavy atom. The van der Waals surface area contributed by atoms with Gasteiger partial charge < -0.3 is 14.2 Å². The summed E-state index contributed by atoms with van der Waals surface area (Å²) in [5, 5.41) is 0. The number of ether oxygens (including phenoxy) is 3. The van der Waals surface area contributed by atoms with Crippen molar-refractivity contribution in [3.8, 4) is 17.2 Å². The molecule has 28 heavy (non-hydrogen) atoms. The highest BCUT2D eigenvalue weighted by Gasteiger charge is 2.08. The summed E-state index contributed by atoms with van der Waals surface area (Å²) >= 11 is 0. The van der Waals surface area contributed by atoms with Gasteiger partial charge in [-0.3, -0.25) is 0 Å². The zero-order valence-electron chi connectivity index (χ0n) is 16.3. The second kappa shape index (κ2) is 9.42. The van der Waals surface area contributed by atoms with Crippen LogP contribution in [-0.4, -0.2) is 13.0 Å². The molecule has 0 aliphatic heterocycles. The predicted molar refractivity (Wildman–Crippen MR) is 113 cm³/mol. The lowest BCUT2D eigenvalue weighted by Crippen LogP contribution is -2.11. The number of aliphatic imine (C=N–C) groups is 1. The third-order valence-electron chi connectivity index (χ3n) is 3.99. The monoisotopic (exact) mass is 373 g/mol. The van der Waals surface area contributed by atoms with Crippen molar-refractivity contribution in [3.63, 3.8) is 0 Å². The van der Waals surface area contributed by atoms with Crippen molar-refractivity contribution in [1.29, 1.82) is 0 Å². The van der Waals surface area contributed by atoms with E-state index >= 15 is 0 Å². The molecule has 0 unspecified atom stereocenters. The minimum atomic E-state index is 0.462. The Kier molecular flexibility index (Phi) is 6.47. The molecular weight excluding hydrogens is 350 g/mol. The van der Waals surface area contributed by atoms with Crippen LogP contribution in [0.2, 0.25) is 0 Å². The molecule has 0 spiro atoms. The number of nitrogens with zero attached hydrogens (tertiary/aromatic N) is 1. The molecule has 0 bridgehead atoms. The Labute approximate surface area is 165 Å². The molecule has 0 N–H and O–H groups in total. The van der Waals surface area contributed by atoms with E-state index in [0.29, 0.717) is 11.6 Å². The molecule has 4 heteroatoms. The fraction of sp³-hybridized carbons (Fsp3) is 0.125. The largest absolute Gasteiger partial charge is 0.497 e. The van der Waals surface area contributed by atoms with E-state index in [4.69, 9.17) is 14.2 Å². The molecule has 0 amide bonds. The third-order valence-corrected chi connectivity index (χ3v) is 3.99. The van der Waals surface area contributed by atoms with E-state index in [-0.39, 0.29) is 0 Å². The Morgan fingerprint density at radius 3 is 2.04 bits per heavy atom. The molecule has 0 saturated heterocycles. The maximum absolute atomic E-state index is 6.03. The maximum atomic E-state index is 6.03. The average Bonchev–Trinajstić information content (AvgIpc) is 2.74. The van der Waals surface area contributed by atoms with Gasteiger partial charge in [0.2, 0.25) is 5.90 Å². The second-order valence-corrected chi connectivity index (χ2v) is 6.26. The first-order valence-corrected chi connectivity index (χ1v) is 9.00. The van der Waals surface area contributed by atoms with Crippen LogP contribution in [0, 0.1) is 6.92 Å². The first-order valence-electron chi connectivity index (χ1n) is 9.00. The predicted octanol–water partition coefficient (Wildman–Crippen LogP) is 6.10. The Bertz CT molecular complexity index is 943. The topological polar surface area (TPSA) is 40.0 Å². The summed E-state index contributed by atoms with van der Waals surface area (Å²) in [6, 6.07) is 24.9. The van der Waals surface area contributed by atoms with Gasteiger partial charge in [-0.05, 0) is 62.4 Å². The van der Waals surface area contributed by atoms with Crippen LogP contribution < -0.4 is 14.2 Å². The number of benzene rings is 3. The van der Waals surface area contributed by atoms with Crippen molar-refractivity contribution in [2.45, 2.75) is 13.8 Å². The smallest absolute Gasteiger partial charge is 0.225 e. The highest BCUT2D eigenvalue weighted by atomic mass is 16.5. The number of hydrogen-bond donors (Lipinski definition) is 0. The van der Waals surface area contributed by atoms with E-state index in [9.17, 15) is 0 Å². The lowest BCUT2D eigenvalue weighted by Gasteiger charge is -2.11. The van der Waals surface area contributed by atoms with Crippen molar-refractivity contribution in [2.24, 2.45) is 4.99 Å². The van der Waals surface area contributed by atoms with E-state index in [0.717, 1.165) is 22.8 Å². The molecule has 0 aliphatic rings. The summed E-state index contributed by atoms with van der Waals surface area (Å²) in [5.74, 6) is 2.65. The van der Waals surface area contributed by atoms with Crippen molar-refractivity contribution < 1.29 is 14.2 Å². The van der Waals surface area contributed by atoms with Gasteiger partial charge in [-0.25, -0.2) is 4.99 Å². The van der Waals surface area contributed by atoms with Crippen molar-refractivity contribution >= 4 is 11.6 Å². The van der Waals surface area contributed by atoms with Gasteiger partial charge in [0, 0.05) is 5.57 Å². The summed E-state index contributed by atoms with van der Waals surface area (Å²) in [4.78, 5) is 4.64. The van der Waals surface area contributed by atoms with Crippen LogP contribution in [0.15, 0.2) is 95.7 Å². The molecule has 142 valence electrons. The Hall–Kier alpha value is -3.53. The standard InChI is InChI=1S/C24H23NO3/c1-18-9-11-22(12-10-18)27-17-19(2)24(25-20-7-5-4-6-8-20)28-23-15-13-21(26-3)14-16-23/h4-17H,1-3H3/b19-17?,25-24+. The van der Waals surface area contributed by atoms with Gasteiger partial charge in [0.05, 0.1) is 19.1 Å². The summed E-state index contributed by atoms with van der Waals surface area (Å²) in [6.45, 7) is 3.94. The maximum Gasteiger partial charge on any atom is 0.225 e. The fourth-order valence-corrected chi connectivity index (χ4v) is 2.39. The van der Waals surface area contributed by atoms with E-state index in [1.165, 1.54) is 5.56 Å². The lowest BCUT2D eigenvalue weighted by atomic mass is 10.2. The van der Waals surface area contributed by atoms with Crippen molar-refractivity contribution in [2.75, 3.05) is 7.11 Å². The molecule has 3 aromatic carbocycles. The minimum absolute atomic E-state index is 0.462. The van der Waals surface area contributed by atoms with Gasteiger partial charge in [0.25, 0.3) is 0 Å². The quantitative estimate of drug-likeness (QED) is 0.298. The van der Waals surface area contributed by atoms with E-state index in [1.807, 2.05) is 92.7 Å². The average molecular weight is 373 g/mol. The number of para-hydroxylation sites is 1. The van der Waals surface area contributed by atoms with Gasteiger partial charge >= 0.3 is 0 Å². The first kappa shape index (κ1) is 19.2. The highest BCUT2D eigenvalue weighted by molar-refractivity contribution is 5.96. The van der Waals surface area contributed by atoms with Gasteiger partial charge in [0.15, 0.2) is 0 Å². The van der Waals surface area contributed by atoms with Crippen molar-refractivity contribution in [1.82, 2.24) is 0 Å². The van der Waals surface area contributed by atoms with Gasteiger partial charge in [0.1, 0.15) is 17.2 Å². The second-order valence-electron chi connectivity index (χ2n) is 6.26. The summed E-state index contributed by atoms with van der Waals surface area (Å²) in [6.07, 6.45) is 1.65. The van der Waals surface area contributed by atoms with Crippen molar-refractivity contribution in [3.05, 3.63) is 96.3 Å². The molecule has 0 aromatic heterocycles. The number of methoxy groups -OCH3 is 1. The van der Waals surface area contributed by atoms with E-state index in [2.05, 4.69) is 4.99 Å². The molecule has 0 aliphatic carbocycles. The third kappa shape index (κ3) is 5.48. The zero-order valence-corrected chi connectivity index (χ0v) is 16.3. The van der Waals surface area contributed by atoms with Crippen LogP contribution in [0.25, 0.3) is 0 Å². The van der Waals surface area contributed by atoms with E-state index < -0.39 is 0 Å². The summed E-state index contributed by atoms with van der Waals surface area (Å²) in [5.41, 5.74) is 2.75. The first-order chi connectivity index (χ1) is 13.6. The zero-order chi connectivity index (χ0) is 19.8. The molecule has 0 fully saturated rings. The lowest BCUT2D eigenvalue weighted by molar-refractivity contribution is 0.414. The van der Waals surface area contributed by atoms with Gasteiger partial charge in [-0.15, -0.1) is 0 Å². The number of hydrogen-bond acceptors (Lipinski definition) is 4. The fourth-order valence-electron chi connectivity index (χ4n) is 2.39. The van der Waals surface area contributed by atoms with Crippen LogP contribution in [0.4, 0.5) is 5.69 Å². The summed E-state index contributed by atoms with van der Waals surface area (Å²) < 4.78 is 17.0. The van der Waals surface area contributed by atoms with Crippen LogP contribution >= 0.6 is 0 Å². The minimum Gasteiger partial charge on any atom is -0.497 e. The molecular formula is C24H23NO3. The van der Waals surface area contributed by atoms with Gasteiger partial charge in [-0.2, -0.15) is 0 Å². The Morgan fingerprint density at radius 2 is 1.39 bits per heavy atom. The molecule has 0 saturated carbocycles. The molecule has 0 radical (unpaired) electrons.